The normalized spacial score (nSPS) is 20.1. The Morgan fingerprint density at radius 1 is 0.857 bits per heavy atom. The van der Waals surface area contributed by atoms with Crippen molar-refractivity contribution in [2.24, 2.45) is 0 Å². The number of hydrogen-bond acceptors (Lipinski definition) is 6. The maximum absolute atomic E-state index is 13.9. The minimum Gasteiger partial charge on any atom is -0.385 e. The molecule has 338 valence electrons. The van der Waals surface area contributed by atoms with E-state index >= 15 is 0 Å². The van der Waals surface area contributed by atoms with Gasteiger partial charge in [0.1, 0.15) is 12.2 Å². The van der Waals surface area contributed by atoms with Gasteiger partial charge in [-0.15, -0.1) is 0 Å². The molecule has 4 aromatic carbocycles. The Hall–Kier alpha value is -4.34. The van der Waals surface area contributed by atoms with Gasteiger partial charge in [-0.1, -0.05) is 71.7 Å². The highest BCUT2D eigenvalue weighted by molar-refractivity contribution is 6.42. The number of benzene rings is 4. The van der Waals surface area contributed by atoms with Gasteiger partial charge >= 0.3 is 12.4 Å². The van der Waals surface area contributed by atoms with Crippen LogP contribution in [0.5, 0.6) is 0 Å². The van der Waals surface area contributed by atoms with Gasteiger partial charge in [0.2, 0.25) is 5.91 Å². The molecule has 2 heterocycles. The van der Waals surface area contributed by atoms with Gasteiger partial charge in [-0.05, 0) is 111 Å². The van der Waals surface area contributed by atoms with Crippen molar-refractivity contribution in [1.82, 2.24) is 14.7 Å². The highest BCUT2D eigenvalue weighted by Gasteiger charge is 2.50. The van der Waals surface area contributed by atoms with Crippen LogP contribution in [-0.2, 0) is 44.1 Å². The summed E-state index contributed by atoms with van der Waals surface area (Å²) < 4.78 is 95.5. The average molecular weight is 920 g/mol. The fourth-order valence-electron chi connectivity index (χ4n) is 9.21. The van der Waals surface area contributed by atoms with Crippen LogP contribution in [0, 0.1) is 0 Å². The molecule has 2 fully saturated rings. The lowest BCUT2D eigenvalue weighted by Gasteiger charge is -2.46. The Morgan fingerprint density at radius 3 is 2.22 bits per heavy atom. The van der Waals surface area contributed by atoms with Gasteiger partial charge in [-0.3, -0.25) is 9.59 Å². The monoisotopic (exact) mass is 918 g/mol. The third-order valence-corrected chi connectivity index (χ3v) is 13.5. The number of nitrogens with zero attached hydrogens (tertiary/aromatic N) is 3. The van der Waals surface area contributed by atoms with Crippen LogP contribution in [0.2, 0.25) is 10.0 Å². The van der Waals surface area contributed by atoms with Crippen LogP contribution in [0.25, 0.3) is 0 Å². The molecule has 0 bridgehead atoms. The van der Waals surface area contributed by atoms with Crippen molar-refractivity contribution in [1.29, 1.82) is 0 Å². The third-order valence-electron chi connectivity index (χ3n) is 12.8. The van der Waals surface area contributed by atoms with E-state index in [0.29, 0.717) is 56.7 Å². The molecule has 2 aliphatic heterocycles. The molecule has 8 nitrogen and oxygen atoms in total. The van der Waals surface area contributed by atoms with Crippen molar-refractivity contribution in [3.63, 3.8) is 0 Å². The maximum atomic E-state index is 13.9. The molecule has 0 radical (unpaired) electrons. The van der Waals surface area contributed by atoms with Crippen molar-refractivity contribution in [2.75, 3.05) is 71.4 Å². The number of alkyl halides is 6. The van der Waals surface area contributed by atoms with E-state index in [0.717, 1.165) is 37.9 Å². The van der Waals surface area contributed by atoms with Crippen LogP contribution in [0.4, 0.5) is 32.0 Å². The number of fused-ring (bicyclic) bond motifs is 2. The minimum absolute atomic E-state index is 0.00470. The highest BCUT2D eigenvalue weighted by Crippen LogP contribution is 2.48. The van der Waals surface area contributed by atoms with Crippen LogP contribution in [0.3, 0.4) is 0 Å². The Bertz CT molecular complexity index is 2210. The van der Waals surface area contributed by atoms with Crippen molar-refractivity contribution < 1.29 is 45.4 Å². The van der Waals surface area contributed by atoms with Crippen molar-refractivity contribution in [2.45, 2.75) is 68.0 Å². The average Bonchev–Trinajstić information content (AvgIpc) is 3.57. The molecule has 3 aliphatic rings. The van der Waals surface area contributed by atoms with Gasteiger partial charge in [-0.25, -0.2) is 0 Å². The zero-order chi connectivity index (χ0) is 45.0. The van der Waals surface area contributed by atoms with Gasteiger partial charge < -0.3 is 29.5 Å². The molecule has 1 N–H and O–H groups in total. The van der Waals surface area contributed by atoms with Gasteiger partial charge in [0.25, 0.3) is 5.91 Å². The van der Waals surface area contributed by atoms with Crippen molar-refractivity contribution in [3.8, 4) is 0 Å². The first kappa shape index (κ1) is 46.6. The molecule has 2 saturated heterocycles. The Balaban J connectivity index is 1.02. The molecular formula is C47H50Cl2F6N4O4. The number of hydrogen-bond donors (Lipinski definition) is 1. The van der Waals surface area contributed by atoms with Crippen LogP contribution < -0.4 is 5.32 Å². The van der Waals surface area contributed by atoms with Gasteiger partial charge in [0.15, 0.2) is 0 Å². The van der Waals surface area contributed by atoms with Crippen molar-refractivity contribution >= 4 is 40.7 Å². The number of rotatable bonds is 14. The first-order chi connectivity index (χ1) is 30.0. The minimum atomic E-state index is -5.11. The zero-order valence-electron chi connectivity index (χ0n) is 34.8. The maximum Gasteiger partial charge on any atom is 0.416 e. The zero-order valence-corrected chi connectivity index (χ0v) is 36.4. The molecular weight excluding hydrogens is 869 g/mol. The van der Waals surface area contributed by atoms with Crippen LogP contribution in [-0.4, -0.2) is 98.7 Å². The van der Waals surface area contributed by atoms with E-state index < -0.39 is 40.6 Å². The predicted molar refractivity (Wildman–Crippen MR) is 230 cm³/mol. The predicted octanol–water partition coefficient (Wildman–Crippen LogP) is 10.1. The summed E-state index contributed by atoms with van der Waals surface area (Å²) in [6, 6.07) is 24.1. The molecule has 2 atom stereocenters. The van der Waals surface area contributed by atoms with E-state index in [-0.39, 0.29) is 59.8 Å². The summed E-state index contributed by atoms with van der Waals surface area (Å²) >= 11 is 12.7. The van der Waals surface area contributed by atoms with E-state index in [4.69, 9.17) is 32.7 Å². The summed E-state index contributed by atoms with van der Waals surface area (Å²) in [7, 11) is 1.80. The van der Waals surface area contributed by atoms with E-state index in [1.165, 1.54) is 16.0 Å². The third kappa shape index (κ3) is 10.8. The summed E-state index contributed by atoms with van der Waals surface area (Å²) in [5, 5.41) is 3.89. The van der Waals surface area contributed by atoms with Crippen LogP contribution in [0.1, 0.15) is 70.3 Å². The van der Waals surface area contributed by atoms with E-state index in [2.05, 4.69) is 22.3 Å². The largest absolute Gasteiger partial charge is 0.416 e. The van der Waals surface area contributed by atoms with Crippen LogP contribution >= 0.6 is 23.2 Å². The molecule has 0 aromatic heterocycles. The number of likely N-dealkylation sites (N-methyl/N-ethyl adjacent to an activating group) is 1. The fourth-order valence-corrected chi connectivity index (χ4v) is 9.51. The summed E-state index contributed by atoms with van der Waals surface area (Å²) in [6.07, 6.45) is -6.17. The van der Waals surface area contributed by atoms with Crippen molar-refractivity contribution in [3.05, 3.63) is 134 Å². The number of anilines is 1. The summed E-state index contributed by atoms with van der Waals surface area (Å²) in [6.45, 7) is 2.97. The molecule has 16 heteroatoms. The molecule has 1 aliphatic carbocycles. The lowest BCUT2D eigenvalue weighted by Crippen LogP contribution is -2.54. The molecule has 4 aromatic rings. The second kappa shape index (κ2) is 19.4. The molecule has 2 amide bonds. The summed E-state index contributed by atoms with van der Waals surface area (Å²) in [5.41, 5.74) is -1.34. The van der Waals surface area contributed by atoms with Gasteiger partial charge in [-0.2, -0.15) is 26.3 Å². The number of ether oxygens (including phenoxy) is 2. The number of unbranched alkanes of at least 4 members (excludes halogenated alkanes) is 1. The van der Waals surface area contributed by atoms with E-state index in [1.807, 2.05) is 42.5 Å². The first-order valence-electron chi connectivity index (χ1n) is 21.1. The number of likely N-dealkylation sites (tertiary alicyclic amines) is 1. The number of amides is 2. The smallest absolute Gasteiger partial charge is 0.385 e. The quantitative estimate of drug-likeness (QED) is 0.100. The second-order valence-corrected chi connectivity index (χ2v) is 17.5. The lowest BCUT2D eigenvalue weighted by atomic mass is 9.72. The van der Waals surface area contributed by atoms with Gasteiger partial charge in [0, 0.05) is 49.9 Å². The fraction of sp³-hybridized carbons (Fsp3) is 0.447. The summed E-state index contributed by atoms with van der Waals surface area (Å²) in [5.74, 6) is -1.05. The number of para-hydroxylation sites is 1. The van der Waals surface area contributed by atoms with E-state index in [1.54, 1.807) is 30.1 Å². The van der Waals surface area contributed by atoms with Crippen LogP contribution in [0.15, 0.2) is 91.0 Å². The SMILES string of the molecule is CN(CCCCNc1ccccc1)C(=O)CO[C@H]1Cc2ccccc2C12CCN(CC[C@@]1(c3ccc(Cl)c(Cl)c3)CN(C(=O)c3cc(C(F)(F)F)cc(C(F)(F)F)c3)CCO1)CC2. The highest BCUT2D eigenvalue weighted by atomic mass is 35.5. The Labute approximate surface area is 373 Å². The second-order valence-electron chi connectivity index (χ2n) is 16.7. The number of halogens is 8. The van der Waals surface area contributed by atoms with E-state index in [9.17, 15) is 35.9 Å². The number of carbonyl (C=O) groups excluding carboxylic acids is 2. The topological polar surface area (TPSA) is 74.4 Å². The molecule has 0 unspecified atom stereocenters. The molecule has 1 spiro atoms. The standard InChI is InChI=1S/C47H50Cl2F6N4O4/c1-57(19-8-7-18-56-37-10-3-2-4-11-37)42(60)30-62-41-27-32-9-5-6-12-38(32)44(41)15-20-58(21-16-44)22-17-45(34-13-14-39(48)40(49)29-34)31-59(23-24-63-45)43(61)33-25-35(46(50,51)52)28-36(26-33)47(53,54)55/h2-6,9-14,25-26,28-29,41,56H,7-8,15-24,27,30-31H2,1H3/t41-,45-/m0/s1. The molecule has 0 saturated carbocycles. The number of carbonyl (C=O) groups is 2. The number of nitrogens with one attached hydrogen (secondary N) is 1. The van der Waals surface area contributed by atoms with Gasteiger partial charge in [0.05, 0.1) is 40.4 Å². The molecule has 7 rings (SSSR count). The number of piperidine rings is 1. The number of morpholine rings is 1. The lowest BCUT2D eigenvalue weighted by molar-refractivity contribution is -0.143. The first-order valence-corrected chi connectivity index (χ1v) is 21.9. The summed E-state index contributed by atoms with van der Waals surface area (Å²) in [4.78, 5) is 32.4. The Morgan fingerprint density at radius 2 is 1.54 bits per heavy atom. The Kier molecular flexibility index (Phi) is 14.4. The molecule has 63 heavy (non-hydrogen) atoms.